The molecule has 5 heteroatoms. The van der Waals surface area contributed by atoms with Crippen LogP contribution in [0.15, 0.2) is 35.4 Å². The first kappa shape index (κ1) is 12.2. The van der Waals surface area contributed by atoms with Crippen molar-refractivity contribution in [1.82, 2.24) is 0 Å². The third kappa shape index (κ3) is 3.73. The number of Topliss-reactive ketones (excluding diaryl/α,β-unsaturated/α-hetero) is 1. The highest BCUT2D eigenvalue weighted by atomic mass is 16.3. The highest BCUT2D eigenvalue weighted by Crippen LogP contribution is 2.07. The van der Waals surface area contributed by atoms with Crippen LogP contribution >= 0.6 is 0 Å². The molecule has 0 fully saturated rings. The molecule has 5 nitrogen and oxygen atoms in total. The van der Waals surface area contributed by atoms with Crippen molar-refractivity contribution in [3.05, 3.63) is 46.3 Å². The van der Waals surface area contributed by atoms with Gasteiger partial charge in [0.1, 0.15) is 6.10 Å². The van der Waals surface area contributed by atoms with Gasteiger partial charge in [-0.3, -0.25) is 4.79 Å². The molecular weight excluding hydrogens is 206 g/mol. The molecule has 0 aliphatic heterocycles. The Morgan fingerprint density at radius 2 is 2.12 bits per heavy atom. The smallest absolute Gasteiger partial charge is 0.191 e. The lowest BCUT2D eigenvalue weighted by atomic mass is 10.0. The number of nitrogens with zero attached hydrogens (tertiary/aromatic N) is 3. The lowest BCUT2D eigenvalue weighted by Gasteiger charge is -2.08. The van der Waals surface area contributed by atoms with Gasteiger partial charge in [0.25, 0.3) is 0 Å². The monoisotopic (exact) mass is 219 g/mol. The molecule has 0 saturated carbocycles. The Morgan fingerprint density at radius 3 is 2.75 bits per heavy atom. The third-order valence-electron chi connectivity index (χ3n) is 2.16. The van der Waals surface area contributed by atoms with E-state index in [1.54, 1.807) is 24.3 Å². The van der Waals surface area contributed by atoms with Crippen LogP contribution in [0.5, 0.6) is 0 Å². The van der Waals surface area contributed by atoms with Gasteiger partial charge in [0.2, 0.25) is 0 Å². The second kappa shape index (κ2) is 6.61. The average Bonchev–Trinajstić information content (AvgIpc) is 2.34. The van der Waals surface area contributed by atoms with Gasteiger partial charge in [-0.15, -0.1) is 0 Å². The van der Waals surface area contributed by atoms with Crippen LogP contribution in [0, 0.1) is 0 Å². The topological polar surface area (TPSA) is 86.1 Å². The SMILES string of the molecule is [N-]=[N+]=NCCCC(O)C(=O)c1ccccc1. The summed E-state index contributed by atoms with van der Waals surface area (Å²) in [6, 6.07) is 8.64. The first-order chi connectivity index (χ1) is 7.75. The number of azide groups is 1. The minimum absolute atomic E-state index is 0.290. The summed E-state index contributed by atoms with van der Waals surface area (Å²) in [5.41, 5.74) is 8.55. The Bertz CT molecular complexity index is 385. The van der Waals surface area contributed by atoms with Crippen LogP contribution in [0.1, 0.15) is 23.2 Å². The van der Waals surface area contributed by atoms with E-state index in [0.29, 0.717) is 24.9 Å². The van der Waals surface area contributed by atoms with Gasteiger partial charge < -0.3 is 5.11 Å². The van der Waals surface area contributed by atoms with Gasteiger partial charge in [0.05, 0.1) is 0 Å². The predicted octanol–water partition coefficient (Wildman–Crippen LogP) is 2.32. The molecule has 1 N–H and O–H groups in total. The second-order valence-corrected chi connectivity index (χ2v) is 3.34. The Kier molecular flexibility index (Phi) is 5.05. The van der Waals surface area contributed by atoms with Crippen LogP contribution in [0.25, 0.3) is 10.4 Å². The lowest BCUT2D eigenvalue weighted by Crippen LogP contribution is -2.20. The third-order valence-corrected chi connectivity index (χ3v) is 2.16. The summed E-state index contributed by atoms with van der Waals surface area (Å²) in [4.78, 5) is 14.2. The van der Waals surface area contributed by atoms with Crippen molar-refractivity contribution in [1.29, 1.82) is 0 Å². The van der Waals surface area contributed by atoms with Crippen LogP contribution in [0.3, 0.4) is 0 Å². The molecule has 1 aromatic rings. The normalized spacial score (nSPS) is 11.6. The van der Waals surface area contributed by atoms with Gasteiger partial charge in [-0.2, -0.15) is 0 Å². The van der Waals surface area contributed by atoms with Crippen LogP contribution in [0.4, 0.5) is 0 Å². The lowest BCUT2D eigenvalue weighted by molar-refractivity contribution is 0.0728. The zero-order valence-electron chi connectivity index (χ0n) is 8.78. The minimum Gasteiger partial charge on any atom is -0.385 e. The highest BCUT2D eigenvalue weighted by molar-refractivity contribution is 5.99. The van der Waals surface area contributed by atoms with E-state index in [9.17, 15) is 9.90 Å². The van der Waals surface area contributed by atoms with E-state index in [1.165, 1.54) is 0 Å². The molecule has 0 radical (unpaired) electrons. The molecule has 1 rings (SSSR count). The van der Waals surface area contributed by atoms with Crippen molar-refractivity contribution >= 4 is 5.78 Å². The zero-order chi connectivity index (χ0) is 11.8. The fourth-order valence-electron chi connectivity index (χ4n) is 1.33. The molecule has 0 spiro atoms. The molecule has 16 heavy (non-hydrogen) atoms. The summed E-state index contributed by atoms with van der Waals surface area (Å²) in [5, 5.41) is 12.9. The molecular formula is C11H13N3O2. The second-order valence-electron chi connectivity index (χ2n) is 3.34. The fourth-order valence-corrected chi connectivity index (χ4v) is 1.33. The first-order valence-electron chi connectivity index (χ1n) is 5.04. The number of ketones is 1. The van der Waals surface area contributed by atoms with Gasteiger partial charge in [-0.25, -0.2) is 0 Å². The van der Waals surface area contributed by atoms with E-state index < -0.39 is 6.10 Å². The first-order valence-corrected chi connectivity index (χ1v) is 5.04. The van der Waals surface area contributed by atoms with Gasteiger partial charge >= 0.3 is 0 Å². The van der Waals surface area contributed by atoms with Gasteiger partial charge in [-0.1, -0.05) is 35.4 Å². The van der Waals surface area contributed by atoms with E-state index >= 15 is 0 Å². The van der Waals surface area contributed by atoms with Crippen LogP contribution in [-0.2, 0) is 0 Å². The van der Waals surface area contributed by atoms with E-state index in [2.05, 4.69) is 10.0 Å². The number of aliphatic hydroxyl groups is 1. The van der Waals surface area contributed by atoms with Crippen molar-refractivity contribution < 1.29 is 9.90 Å². The summed E-state index contributed by atoms with van der Waals surface area (Å²) in [6.45, 7) is 0.301. The molecule has 1 aromatic carbocycles. The molecule has 0 heterocycles. The maximum Gasteiger partial charge on any atom is 0.191 e. The van der Waals surface area contributed by atoms with Crippen LogP contribution in [0.2, 0.25) is 0 Å². The fraction of sp³-hybridized carbons (Fsp3) is 0.364. The summed E-state index contributed by atoms with van der Waals surface area (Å²) in [6.07, 6.45) is -0.201. The maximum atomic E-state index is 11.7. The maximum absolute atomic E-state index is 11.7. The Hall–Kier alpha value is -1.84. The van der Waals surface area contributed by atoms with E-state index in [-0.39, 0.29) is 5.78 Å². The Morgan fingerprint density at radius 1 is 1.44 bits per heavy atom. The molecule has 84 valence electrons. The number of benzene rings is 1. The zero-order valence-corrected chi connectivity index (χ0v) is 8.78. The van der Waals surface area contributed by atoms with Crippen molar-refractivity contribution in [3.63, 3.8) is 0 Å². The number of hydrogen-bond acceptors (Lipinski definition) is 3. The number of rotatable bonds is 6. The highest BCUT2D eigenvalue weighted by Gasteiger charge is 2.15. The van der Waals surface area contributed by atoms with Crippen molar-refractivity contribution in [2.24, 2.45) is 5.11 Å². The standard InChI is InChI=1S/C11H13N3O2/c12-14-13-8-4-7-10(15)11(16)9-5-2-1-3-6-9/h1-3,5-6,10,15H,4,7-8H2. The minimum atomic E-state index is -1.02. The molecule has 0 aromatic heterocycles. The van der Waals surface area contributed by atoms with Crippen molar-refractivity contribution in [3.8, 4) is 0 Å². The van der Waals surface area contributed by atoms with Crippen LogP contribution < -0.4 is 0 Å². The Labute approximate surface area is 93.3 Å². The van der Waals surface area contributed by atoms with E-state index in [0.717, 1.165) is 0 Å². The summed E-state index contributed by atoms with van der Waals surface area (Å²) >= 11 is 0. The van der Waals surface area contributed by atoms with E-state index in [4.69, 9.17) is 5.53 Å². The largest absolute Gasteiger partial charge is 0.385 e. The average molecular weight is 219 g/mol. The van der Waals surface area contributed by atoms with Gasteiger partial charge in [0, 0.05) is 17.0 Å². The number of carbonyl (C=O) groups excluding carboxylic acids is 1. The summed E-state index contributed by atoms with van der Waals surface area (Å²) in [5.74, 6) is -0.290. The molecule has 0 bridgehead atoms. The van der Waals surface area contributed by atoms with Gasteiger partial charge in [0.15, 0.2) is 5.78 Å². The van der Waals surface area contributed by atoms with Crippen LogP contribution in [-0.4, -0.2) is 23.5 Å². The molecule has 0 aliphatic carbocycles. The van der Waals surface area contributed by atoms with Crippen molar-refractivity contribution in [2.75, 3.05) is 6.54 Å². The Balaban J connectivity index is 2.45. The van der Waals surface area contributed by atoms with Gasteiger partial charge in [-0.05, 0) is 18.4 Å². The quantitative estimate of drug-likeness (QED) is 0.262. The molecule has 0 saturated heterocycles. The predicted molar refractivity (Wildman–Crippen MR) is 60.0 cm³/mol. The molecule has 1 atom stereocenters. The number of carbonyl (C=O) groups is 1. The number of hydrogen-bond donors (Lipinski definition) is 1. The van der Waals surface area contributed by atoms with Crippen molar-refractivity contribution in [2.45, 2.75) is 18.9 Å². The molecule has 0 amide bonds. The summed E-state index contributed by atoms with van der Waals surface area (Å²) in [7, 11) is 0. The molecule has 0 aliphatic rings. The number of aliphatic hydroxyl groups excluding tert-OH is 1. The molecule has 1 unspecified atom stereocenters. The summed E-state index contributed by atoms with van der Waals surface area (Å²) < 4.78 is 0. The van der Waals surface area contributed by atoms with E-state index in [1.807, 2.05) is 6.07 Å².